The number of aromatic nitrogens is 1. The van der Waals surface area contributed by atoms with E-state index in [2.05, 4.69) is 43.1 Å². The highest BCUT2D eigenvalue weighted by molar-refractivity contribution is 5.25. The Bertz CT molecular complexity index is 379. The second-order valence-electron chi connectivity index (χ2n) is 5.75. The summed E-state index contributed by atoms with van der Waals surface area (Å²) >= 11 is 0. The van der Waals surface area contributed by atoms with Crippen LogP contribution in [0.3, 0.4) is 0 Å². The molecule has 4 heteroatoms. The van der Waals surface area contributed by atoms with Crippen LogP contribution in [-0.4, -0.2) is 28.7 Å². The monoisotopic (exact) mass is 237 g/mol. The van der Waals surface area contributed by atoms with Crippen LogP contribution in [0, 0.1) is 0 Å². The van der Waals surface area contributed by atoms with Crippen LogP contribution in [0.1, 0.15) is 44.7 Å². The average Bonchev–Trinajstić information content (AvgIpc) is 2.67. The van der Waals surface area contributed by atoms with E-state index in [1.807, 2.05) is 0 Å². The van der Waals surface area contributed by atoms with Gasteiger partial charge in [0.2, 0.25) is 0 Å². The summed E-state index contributed by atoms with van der Waals surface area (Å²) in [6.45, 7) is 12.6. The maximum absolute atomic E-state index is 5.43. The standard InChI is InChI=1S/C13H23N3O/c1-5-16-7-6-12-10(9-16)11(15-17-12)8-14-13(2,3)4/h14H,5-9H2,1-4H3. The lowest BCUT2D eigenvalue weighted by molar-refractivity contribution is 0.247. The highest BCUT2D eigenvalue weighted by Gasteiger charge is 2.23. The Kier molecular flexibility index (Phi) is 3.54. The van der Waals surface area contributed by atoms with Gasteiger partial charge in [-0.3, -0.25) is 4.90 Å². The first kappa shape index (κ1) is 12.6. The van der Waals surface area contributed by atoms with E-state index in [1.54, 1.807) is 0 Å². The van der Waals surface area contributed by atoms with Crippen molar-refractivity contribution in [1.82, 2.24) is 15.4 Å². The van der Waals surface area contributed by atoms with E-state index in [4.69, 9.17) is 4.52 Å². The van der Waals surface area contributed by atoms with Crippen molar-refractivity contribution < 1.29 is 4.52 Å². The van der Waals surface area contributed by atoms with Gasteiger partial charge < -0.3 is 9.84 Å². The van der Waals surface area contributed by atoms with Gasteiger partial charge in [0, 0.05) is 37.2 Å². The molecule has 0 bridgehead atoms. The second-order valence-corrected chi connectivity index (χ2v) is 5.75. The van der Waals surface area contributed by atoms with Crippen molar-refractivity contribution in [3.05, 3.63) is 17.0 Å². The molecule has 1 aliphatic rings. The molecule has 0 spiro atoms. The summed E-state index contributed by atoms with van der Waals surface area (Å²) in [7, 11) is 0. The fraction of sp³-hybridized carbons (Fsp3) is 0.769. The zero-order valence-electron chi connectivity index (χ0n) is 11.3. The Morgan fingerprint density at radius 1 is 1.41 bits per heavy atom. The first-order chi connectivity index (χ1) is 7.99. The van der Waals surface area contributed by atoms with Gasteiger partial charge in [0.25, 0.3) is 0 Å². The van der Waals surface area contributed by atoms with Crippen molar-refractivity contribution in [2.75, 3.05) is 13.1 Å². The third-order valence-corrected chi connectivity index (χ3v) is 3.22. The van der Waals surface area contributed by atoms with E-state index in [9.17, 15) is 0 Å². The van der Waals surface area contributed by atoms with Gasteiger partial charge in [-0.25, -0.2) is 0 Å². The minimum Gasteiger partial charge on any atom is -0.361 e. The van der Waals surface area contributed by atoms with Crippen molar-refractivity contribution in [3.63, 3.8) is 0 Å². The highest BCUT2D eigenvalue weighted by Crippen LogP contribution is 2.22. The molecule has 0 saturated heterocycles. The van der Waals surface area contributed by atoms with Gasteiger partial charge in [-0.15, -0.1) is 0 Å². The predicted octanol–water partition coefficient (Wildman–Crippen LogP) is 1.94. The molecule has 0 atom stereocenters. The molecule has 2 rings (SSSR count). The van der Waals surface area contributed by atoms with Gasteiger partial charge in [-0.1, -0.05) is 12.1 Å². The molecule has 17 heavy (non-hydrogen) atoms. The normalized spacial score (nSPS) is 17.2. The third-order valence-electron chi connectivity index (χ3n) is 3.22. The summed E-state index contributed by atoms with van der Waals surface area (Å²) in [4.78, 5) is 2.43. The van der Waals surface area contributed by atoms with Crippen LogP contribution >= 0.6 is 0 Å². The van der Waals surface area contributed by atoms with E-state index < -0.39 is 0 Å². The Morgan fingerprint density at radius 3 is 2.82 bits per heavy atom. The van der Waals surface area contributed by atoms with Crippen LogP contribution in [0.15, 0.2) is 4.52 Å². The number of nitrogens with zero attached hydrogens (tertiary/aromatic N) is 2. The molecule has 2 heterocycles. The molecule has 0 saturated carbocycles. The summed E-state index contributed by atoms with van der Waals surface area (Å²) in [5.41, 5.74) is 2.49. The fourth-order valence-electron chi connectivity index (χ4n) is 2.08. The van der Waals surface area contributed by atoms with E-state index in [-0.39, 0.29) is 5.54 Å². The zero-order valence-corrected chi connectivity index (χ0v) is 11.3. The summed E-state index contributed by atoms with van der Waals surface area (Å²) in [5, 5.41) is 7.67. The Labute approximate surface area is 103 Å². The van der Waals surface area contributed by atoms with Crippen LogP contribution < -0.4 is 5.32 Å². The summed E-state index contributed by atoms with van der Waals surface area (Å²) in [6.07, 6.45) is 0.992. The topological polar surface area (TPSA) is 41.3 Å². The van der Waals surface area contributed by atoms with Gasteiger partial charge in [0.05, 0.1) is 0 Å². The molecule has 1 aromatic rings. The van der Waals surface area contributed by atoms with E-state index in [0.717, 1.165) is 44.1 Å². The first-order valence-electron chi connectivity index (χ1n) is 6.43. The minimum atomic E-state index is 0.116. The largest absolute Gasteiger partial charge is 0.361 e. The molecule has 1 N–H and O–H groups in total. The number of hydrogen-bond donors (Lipinski definition) is 1. The second kappa shape index (κ2) is 4.78. The molecular weight excluding hydrogens is 214 g/mol. The fourth-order valence-corrected chi connectivity index (χ4v) is 2.08. The van der Waals surface area contributed by atoms with Gasteiger partial charge in [0.15, 0.2) is 0 Å². The number of rotatable bonds is 3. The molecular formula is C13H23N3O. The molecule has 96 valence electrons. The van der Waals surface area contributed by atoms with Gasteiger partial charge in [-0.2, -0.15) is 0 Å². The summed E-state index contributed by atoms with van der Waals surface area (Å²) in [5.74, 6) is 1.08. The smallest absolute Gasteiger partial charge is 0.142 e. The molecule has 0 aliphatic carbocycles. The maximum atomic E-state index is 5.43. The lowest BCUT2D eigenvalue weighted by atomic mass is 10.0. The Balaban J connectivity index is 2.07. The molecule has 4 nitrogen and oxygen atoms in total. The first-order valence-corrected chi connectivity index (χ1v) is 6.43. The zero-order chi connectivity index (χ0) is 12.5. The molecule has 0 aromatic carbocycles. The minimum absolute atomic E-state index is 0.116. The van der Waals surface area contributed by atoms with E-state index in [1.165, 1.54) is 5.56 Å². The number of likely N-dealkylation sites (N-methyl/N-ethyl adjacent to an activating group) is 1. The van der Waals surface area contributed by atoms with Crippen molar-refractivity contribution in [2.45, 2.75) is 52.7 Å². The Morgan fingerprint density at radius 2 is 2.18 bits per heavy atom. The lowest BCUT2D eigenvalue weighted by Gasteiger charge is -2.25. The average molecular weight is 237 g/mol. The number of nitrogens with one attached hydrogen (secondary N) is 1. The van der Waals surface area contributed by atoms with Crippen LogP contribution in [-0.2, 0) is 19.5 Å². The SMILES string of the molecule is CCN1CCc2onc(CNC(C)(C)C)c2C1. The third kappa shape index (κ3) is 3.07. The van der Waals surface area contributed by atoms with Crippen LogP contribution in [0.5, 0.6) is 0 Å². The molecule has 0 unspecified atom stereocenters. The molecule has 1 aliphatic heterocycles. The molecule has 0 amide bonds. The van der Waals surface area contributed by atoms with E-state index >= 15 is 0 Å². The Hall–Kier alpha value is -0.870. The number of fused-ring (bicyclic) bond motifs is 1. The van der Waals surface area contributed by atoms with Crippen LogP contribution in [0.2, 0.25) is 0 Å². The molecule has 0 radical (unpaired) electrons. The van der Waals surface area contributed by atoms with Crippen molar-refractivity contribution in [1.29, 1.82) is 0 Å². The van der Waals surface area contributed by atoms with Gasteiger partial charge in [0.1, 0.15) is 11.5 Å². The van der Waals surface area contributed by atoms with Crippen LogP contribution in [0.25, 0.3) is 0 Å². The summed E-state index contributed by atoms with van der Waals surface area (Å²) < 4.78 is 5.43. The highest BCUT2D eigenvalue weighted by atomic mass is 16.5. The molecule has 0 fully saturated rings. The summed E-state index contributed by atoms with van der Waals surface area (Å²) in [6, 6.07) is 0. The van der Waals surface area contributed by atoms with Crippen molar-refractivity contribution in [2.24, 2.45) is 0 Å². The lowest BCUT2D eigenvalue weighted by Crippen LogP contribution is -2.36. The van der Waals surface area contributed by atoms with Crippen LogP contribution in [0.4, 0.5) is 0 Å². The van der Waals surface area contributed by atoms with Gasteiger partial charge in [-0.05, 0) is 27.3 Å². The van der Waals surface area contributed by atoms with E-state index in [0.29, 0.717) is 0 Å². The maximum Gasteiger partial charge on any atom is 0.142 e. The van der Waals surface area contributed by atoms with Crippen molar-refractivity contribution >= 4 is 0 Å². The number of hydrogen-bond acceptors (Lipinski definition) is 4. The van der Waals surface area contributed by atoms with Crippen molar-refractivity contribution in [3.8, 4) is 0 Å². The quantitative estimate of drug-likeness (QED) is 0.872. The van der Waals surface area contributed by atoms with Gasteiger partial charge >= 0.3 is 0 Å². The predicted molar refractivity (Wildman–Crippen MR) is 67.8 cm³/mol. The molecule has 1 aromatic heterocycles.